The number of carbonyl (C=O) groups excluding carboxylic acids is 2. The fourth-order valence-corrected chi connectivity index (χ4v) is 1.67. The molecule has 0 unspecified atom stereocenters. The van der Waals surface area contributed by atoms with Crippen LogP contribution >= 0.6 is 0 Å². The Morgan fingerprint density at radius 1 is 1.05 bits per heavy atom. The molecule has 2 aromatic rings. The molecule has 2 aromatic carbocycles. The van der Waals surface area contributed by atoms with E-state index in [2.05, 4.69) is 5.32 Å². The van der Waals surface area contributed by atoms with Crippen molar-refractivity contribution in [1.82, 2.24) is 0 Å². The lowest BCUT2D eigenvalue weighted by molar-refractivity contribution is 0.0693. The molecule has 0 amide bonds. The molecule has 2 N–H and O–H groups in total. The van der Waals surface area contributed by atoms with Crippen LogP contribution in [-0.4, -0.2) is 30.2 Å². The molecule has 0 aliphatic heterocycles. The predicted molar refractivity (Wildman–Crippen MR) is 84.8 cm³/mol. The van der Waals surface area contributed by atoms with Gasteiger partial charge in [0.15, 0.2) is 12.1 Å². The number of carboxylic acid groups (broad SMARTS) is 1. The van der Waals surface area contributed by atoms with Crippen molar-refractivity contribution in [3.63, 3.8) is 0 Å². The number of aldehydes is 1. The number of Topliss-reactive ketones (excluding diaryl/α,β-unsaturated/α-hetero) is 1. The molecule has 0 saturated heterocycles. The number of rotatable bonds is 4. The highest BCUT2D eigenvalue weighted by Crippen LogP contribution is 2.08. The van der Waals surface area contributed by atoms with Crippen LogP contribution in [0, 0.1) is 0 Å². The Morgan fingerprint density at radius 2 is 1.64 bits per heavy atom. The first-order valence-electron chi connectivity index (χ1n) is 6.55. The monoisotopic (exact) mass is 299 g/mol. The van der Waals surface area contributed by atoms with Gasteiger partial charge in [-0.05, 0) is 37.3 Å². The van der Waals surface area contributed by atoms with Crippen LogP contribution in [0.3, 0.4) is 0 Å². The average Bonchev–Trinajstić information content (AvgIpc) is 2.55. The molecule has 0 aliphatic carbocycles. The van der Waals surface area contributed by atoms with Gasteiger partial charge in [0.2, 0.25) is 0 Å². The van der Waals surface area contributed by atoms with E-state index in [1.165, 1.54) is 12.1 Å². The highest BCUT2D eigenvalue weighted by Gasteiger charge is 2.06. The van der Waals surface area contributed by atoms with Crippen molar-refractivity contribution in [3.8, 4) is 0 Å². The van der Waals surface area contributed by atoms with Crippen LogP contribution in [0.4, 0.5) is 5.69 Å². The molecule has 22 heavy (non-hydrogen) atoms. The van der Waals surface area contributed by atoms with Gasteiger partial charge in [-0.3, -0.25) is 9.59 Å². The summed E-state index contributed by atoms with van der Waals surface area (Å²) in [5.74, 6) is -0.972. The minimum atomic E-state index is -1.08. The summed E-state index contributed by atoms with van der Waals surface area (Å²) in [5.41, 5.74) is 2.03. The van der Waals surface area contributed by atoms with Crippen molar-refractivity contribution in [2.24, 2.45) is 0 Å². The lowest BCUT2D eigenvalue weighted by Gasteiger charge is -1.99. The van der Waals surface area contributed by atoms with Gasteiger partial charge in [-0.1, -0.05) is 18.2 Å². The Balaban J connectivity index is 0.000000220. The van der Waals surface area contributed by atoms with Crippen molar-refractivity contribution in [2.75, 3.05) is 12.4 Å². The summed E-state index contributed by atoms with van der Waals surface area (Å²) in [6.07, 6.45) is 0.531. The molecular formula is C17H17NO4. The molecule has 2 rings (SSSR count). The molecule has 0 heterocycles. The normalized spacial score (nSPS) is 9.18. The summed E-state index contributed by atoms with van der Waals surface area (Å²) in [7, 11) is 1.85. The smallest absolute Gasteiger partial charge is 0.336 e. The fourth-order valence-electron chi connectivity index (χ4n) is 1.67. The Labute approximate surface area is 128 Å². The van der Waals surface area contributed by atoms with Crippen molar-refractivity contribution in [1.29, 1.82) is 0 Å². The third kappa shape index (κ3) is 4.86. The second kappa shape index (κ2) is 8.36. The van der Waals surface area contributed by atoms with Crippen LogP contribution < -0.4 is 5.32 Å². The number of carboxylic acids is 1. The van der Waals surface area contributed by atoms with Crippen LogP contribution in [-0.2, 0) is 0 Å². The van der Waals surface area contributed by atoms with Gasteiger partial charge in [0.25, 0.3) is 0 Å². The average molecular weight is 299 g/mol. The molecule has 0 spiro atoms. The maximum atomic E-state index is 10.8. The SMILES string of the molecule is CNc1ccc(C(C)=O)cc1.O=Cc1ccccc1C(=O)O. The zero-order chi connectivity index (χ0) is 16.5. The summed E-state index contributed by atoms with van der Waals surface area (Å²) in [6.45, 7) is 1.56. The number of hydrogen-bond donors (Lipinski definition) is 2. The van der Waals surface area contributed by atoms with Crippen LogP contribution in [0.2, 0.25) is 0 Å². The van der Waals surface area contributed by atoms with Gasteiger partial charge < -0.3 is 10.4 Å². The summed E-state index contributed by atoms with van der Waals surface area (Å²) in [5, 5.41) is 11.5. The zero-order valence-electron chi connectivity index (χ0n) is 12.4. The first-order valence-corrected chi connectivity index (χ1v) is 6.55. The zero-order valence-corrected chi connectivity index (χ0v) is 12.4. The molecule has 0 aliphatic rings. The van der Waals surface area contributed by atoms with Gasteiger partial charge >= 0.3 is 5.97 Å². The van der Waals surface area contributed by atoms with Gasteiger partial charge in [-0.15, -0.1) is 0 Å². The lowest BCUT2D eigenvalue weighted by atomic mass is 10.1. The van der Waals surface area contributed by atoms with Crippen molar-refractivity contribution in [3.05, 3.63) is 65.2 Å². The molecule has 0 fully saturated rings. The summed E-state index contributed by atoms with van der Waals surface area (Å²) in [4.78, 5) is 31.5. The van der Waals surface area contributed by atoms with E-state index >= 15 is 0 Å². The van der Waals surface area contributed by atoms with Crippen molar-refractivity contribution in [2.45, 2.75) is 6.92 Å². The van der Waals surface area contributed by atoms with Crippen LogP contribution in [0.1, 0.15) is 38.0 Å². The third-order valence-electron chi connectivity index (χ3n) is 2.90. The van der Waals surface area contributed by atoms with Gasteiger partial charge in [-0.25, -0.2) is 4.79 Å². The van der Waals surface area contributed by atoms with Gasteiger partial charge in [0.1, 0.15) is 0 Å². The topological polar surface area (TPSA) is 83.5 Å². The van der Waals surface area contributed by atoms with Crippen molar-refractivity contribution < 1.29 is 19.5 Å². The predicted octanol–water partition coefficient (Wildman–Crippen LogP) is 3.13. The quantitative estimate of drug-likeness (QED) is 0.669. The highest BCUT2D eigenvalue weighted by molar-refractivity contribution is 5.97. The van der Waals surface area contributed by atoms with Crippen LogP contribution in [0.25, 0.3) is 0 Å². The second-order valence-corrected chi connectivity index (χ2v) is 4.39. The minimum absolute atomic E-state index is 0.0440. The maximum absolute atomic E-state index is 10.8. The number of hydrogen-bond acceptors (Lipinski definition) is 4. The van der Waals surface area contributed by atoms with Crippen LogP contribution in [0.5, 0.6) is 0 Å². The molecule has 5 nitrogen and oxygen atoms in total. The number of aromatic carboxylic acids is 1. The Bertz CT molecular complexity index is 663. The minimum Gasteiger partial charge on any atom is -0.478 e. The van der Waals surface area contributed by atoms with E-state index in [0.717, 1.165) is 11.3 Å². The molecule has 5 heteroatoms. The van der Waals surface area contributed by atoms with Gasteiger partial charge in [0, 0.05) is 23.9 Å². The van der Waals surface area contributed by atoms with E-state index in [1.54, 1.807) is 19.1 Å². The van der Waals surface area contributed by atoms with E-state index in [1.807, 2.05) is 31.3 Å². The first kappa shape index (κ1) is 17.1. The van der Waals surface area contributed by atoms with Crippen molar-refractivity contribution >= 4 is 23.7 Å². The maximum Gasteiger partial charge on any atom is 0.336 e. The number of benzene rings is 2. The van der Waals surface area contributed by atoms with E-state index in [4.69, 9.17) is 5.11 Å². The van der Waals surface area contributed by atoms with Gasteiger partial charge in [-0.2, -0.15) is 0 Å². The van der Waals surface area contributed by atoms with E-state index in [0.29, 0.717) is 6.29 Å². The van der Waals surface area contributed by atoms with Gasteiger partial charge in [0.05, 0.1) is 5.56 Å². The fraction of sp³-hybridized carbons (Fsp3) is 0.118. The molecular weight excluding hydrogens is 282 g/mol. The first-order chi connectivity index (χ1) is 10.5. The highest BCUT2D eigenvalue weighted by atomic mass is 16.4. The Kier molecular flexibility index (Phi) is 6.50. The van der Waals surface area contributed by atoms with E-state index in [-0.39, 0.29) is 16.9 Å². The van der Waals surface area contributed by atoms with E-state index in [9.17, 15) is 14.4 Å². The largest absolute Gasteiger partial charge is 0.478 e. The molecule has 0 saturated carbocycles. The summed E-state index contributed by atoms with van der Waals surface area (Å²) < 4.78 is 0. The second-order valence-electron chi connectivity index (χ2n) is 4.39. The summed E-state index contributed by atoms with van der Waals surface area (Å²) >= 11 is 0. The number of anilines is 1. The molecule has 0 bridgehead atoms. The third-order valence-corrected chi connectivity index (χ3v) is 2.90. The van der Waals surface area contributed by atoms with Crippen LogP contribution in [0.15, 0.2) is 48.5 Å². The number of carbonyl (C=O) groups is 3. The molecule has 0 radical (unpaired) electrons. The summed E-state index contributed by atoms with van der Waals surface area (Å²) in [6, 6.07) is 13.5. The number of nitrogens with one attached hydrogen (secondary N) is 1. The lowest BCUT2D eigenvalue weighted by Crippen LogP contribution is -2.00. The standard InChI is InChI=1S/C9H11NO.C8H6O3/c1-7(11)8-3-5-9(10-2)6-4-8;9-5-6-3-1-2-4-7(6)8(10)11/h3-6,10H,1-2H3;1-5H,(H,10,11). The van der Waals surface area contributed by atoms with E-state index < -0.39 is 5.97 Å². The Morgan fingerprint density at radius 3 is 2.05 bits per heavy atom. The Hall–Kier alpha value is -2.95. The molecule has 114 valence electrons. The number of ketones is 1. The molecule has 0 atom stereocenters. The molecule has 0 aromatic heterocycles.